The third-order valence-electron chi connectivity index (χ3n) is 7.54. The molecular weight excluding hydrogens is 638 g/mol. The number of nitrogens with zero attached hydrogens (tertiary/aromatic N) is 2. The van der Waals surface area contributed by atoms with Crippen LogP contribution in [0.3, 0.4) is 0 Å². The summed E-state index contributed by atoms with van der Waals surface area (Å²) in [6.07, 6.45) is -4.03. The van der Waals surface area contributed by atoms with Gasteiger partial charge < -0.3 is 25.8 Å². The zero-order chi connectivity index (χ0) is 33.6. The number of rotatable bonds is 7. The Morgan fingerprint density at radius 1 is 0.766 bits per heavy atom. The lowest BCUT2D eigenvalue weighted by Gasteiger charge is -2.26. The molecule has 0 radical (unpaired) electrons. The topological polar surface area (TPSA) is 93.8 Å². The average molecular weight is 668 g/mol. The van der Waals surface area contributed by atoms with Crippen molar-refractivity contribution in [3.05, 3.63) is 124 Å². The second kappa shape index (κ2) is 14.5. The van der Waals surface area contributed by atoms with Gasteiger partial charge in [0.05, 0.1) is 11.1 Å². The summed E-state index contributed by atoms with van der Waals surface area (Å²) in [5.74, 6) is -1.23. The Balaban J connectivity index is 1.32. The molecule has 1 heterocycles. The van der Waals surface area contributed by atoms with E-state index in [4.69, 9.17) is 11.6 Å². The van der Waals surface area contributed by atoms with E-state index in [1.807, 2.05) is 4.90 Å². The third-order valence-corrected chi connectivity index (χ3v) is 7.79. The predicted molar refractivity (Wildman–Crippen MR) is 172 cm³/mol. The first-order chi connectivity index (χ1) is 22.5. The lowest BCUT2D eigenvalue weighted by molar-refractivity contribution is -0.137. The number of urea groups is 1. The molecule has 13 heteroatoms. The van der Waals surface area contributed by atoms with Crippen LogP contribution < -0.4 is 20.9 Å². The van der Waals surface area contributed by atoms with E-state index in [9.17, 15) is 31.9 Å². The summed E-state index contributed by atoms with van der Waals surface area (Å²) in [4.78, 5) is 42.9. The summed E-state index contributed by atoms with van der Waals surface area (Å²) in [7, 11) is 0. The predicted octanol–water partition coefficient (Wildman–Crippen LogP) is 7.42. The van der Waals surface area contributed by atoms with Crippen molar-refractivity contribution in [3.63, 3.8) is 0 Å². The summed E-state index contributed by atoms with van der Waals surface area (Å²) in [6.45, 7) is 1.50. The van der Waals surface area contributed by atoms with Gasteiger partial charge in [-0.2, -0.15) is 13.2 Å². The Labute approximate surface area is 273 Å². The van der Waals surface area contributed by atoms with E-state index in [-0.39, 0.29) is 24.3 Å². The molecule has 4 aromatic rings. The second-order valence-electron chi connectivity index (χ2n) is 10.8. The molecule has 47 heavy (non-hydrogen) atoms. The number of hydrogen-bond donors (Lipinski definition) is 3. The molecule has 0 aliphatic carbocycles. The van der Waals surface area contributed by atoms with Crippen LogP contribution >= 0.6 is 11.6 Å². The molecule has 0 saturated carbocycles. The van der Waals surface area contributed by atoms with Gasteiger partial charge in [0.25, 0.3) is 11.8 Å². The van der Waals surface area contributed by atoms with Crippen molar-refractivity contribution >= 4 is 46.5 Å². The number of nitrogens with one attached hydrogen (secondary N) is 3. The lowest BCUT2D eigenvalue weighted by atomic mass is 10.1. The van der Waals surface area contributed by atoms with Crippen molar-refractivity contribution in [1.82, 2.24) is 10.2 Å². The summed E-state index contributed by atoms with van der Waals surface area (Å²) in [6, 6.07) is 20.9. The van der Waals surface area contributed by atoms with Crippen molar-refractivity contribution in [2.24, 2.45) is 0 Å². The lowest BCUT2D eigenvalue weighted by Crippen LogP contribution is -2.38. The van der Waals surface area contributed by atoms with Crippen LogP contribution in [0.5, 0.6) is 0 Å². The minimum atomic E-state index is -4.54. The van der Waals surface area contributed by atoms with E-state index in [0.29, 0.717) is 53.6 Å². The van der Waals surface area contributed by atoms with E-state index >= 15 is 0 Å². The summed E-state index contributed by atoms with van der Waals surface area (Å²) in [5, 5.41) is 8.68. The normalized spacial score (nSPS) is 13.5. The molecular formula is C34H30ClF4N5O3. The molecule has 1 saturated heterocycles. The zero-order valence-electron chi connectivity index (χ0n) is 24.9. The van der Waals surface area contributed by atoms with E-state index in [2.05, 4.69) is 16.0 Å². The molecule has 8 nitrogen and oxygen atoms in total. The fourth-order valence-corrected chi connectivity index (χ4v) is 5.22. The molecule has 0 atom stereocenters. The van der Waals surface area contributed by atoms with Crippen LogP contribution in [0.2, 0.25) is 5.02 Å². The number of carbonyl (C=O) groups excluding carboxylic acids is 3. The van der Waals surface area contributed by atoms with Gasteiger partial charge in [-0.3, -0.25) is 9.59 Å². The fraction of sp³-hybridized carbons (Fsp3) is 0.206. The molecule has 0 unspecified atom stereocenters. The monoisotopic (exact) mass is 667 g/mol. The SMILES string of the molecule is O=C(Nc1ccc(N2CCCN(C(=O)Nc3cccc(C(F)(F)F)c3)CC2)c(C(=O)NCc2ccc(F)cc2)c1)c1ccc(Cl)cc1. The maximum absolute atomic E-state index is 13.6. The Morgan fingerprint density at radius 3 is 2.21 bits per heavy atom. The van der Waals surface area contributed by atoms with Crippen LogP contribution in [-0.2, 0) is 12.7 Å². The fourth-order valence-electron chi connectivity index (χ4n) is 5.09. The Morgan fingerprint density at radius 2 is 1.49 bits per heavy atom. The molecule has 5 rings (SSSR count). The van der Waals surface area contributed by atoms with Crippen LogP contribution in [0.4, 0.5) is 39.4 Å². The highest BCUT2D eigenvalue weighted by Gasteiger charge is 2.31. The van der Waals surface area contributed by atoms with E-state index < -0.39 is 35.4 Å². The molecule has 0 bridgehead atoms. The largest absolute Gasteiger partial charge is 0.416 e. The smallest absolute Gasteiger partial charge is 0.369 e. The number of hydrogen-bond acceptors (Lipinski definition) is 4. The zero-order valence-corrected chi connectivity index (χ0v) is 25.7. The number of anilines is 3. The highest BCUT2D eigenvalue weighted by molar-refractivity contribution is 6.30. The highest BCUT2D eigenvalue weighted by atomic mass is 35.5. The van der Waals surface area contributed by atoms with Crippen molar-refractivity contribution < 1.29 is 31.9 Å². The number of alkyl halides is 3. The van der Waals surface area contributed by atoms with E-state index in [1.165, 1.54) is 29.2 Å². The van der Waals surface area contributed by atoms with Gasteiger partial charge in [0, 0.05) is 60.4 Å². The first-order valence-corrected chi connectivity index (χ1v) is 15.1. The van der Waals surface area contributed by atoms with Crippen LogP contribution in [0.15, 0.2) is 91.0 Å². The van der Waals surface area contributed by atoms with Gasteiger partial charge in [-0.25, -0.2) is 9.18 Å². The van der Waals surface area contributed by atoms with Gasteiger partial charge in [-0.15, -0.1) is 0 Å². The van der Waals surface area contributed by atoms with Crippen LogP contribution in [0, 0.1) is 5.82 Å². The number of carbonyl (C=O) groups is 3. The minimum absolute atomic E-state index is 0.0299. The molecule has 1 fully saturated rings. The van der Waals surface area contributed by atoms with E-state index in [1.54, 1.807) is 54.6 Å². The molecule has 4 amide bonds. The number of amides is 4. The molecule has 1 aliphatic rings. The number of halogens is 5. The van der Waals surface area contributed by atoms with Gasteiger partial charge >= 0.3 is 12.2 Å². The standard InChI is InChI=1S/C34H30ClF4N5O3/c35-25-9-7-23(8-10-25)31(45)41-28-13-14-30(29(20-28)32(46)40-21-22-5-11-26(36)12-6-22)43-15-2-16-44(18-17-43)33(47)42-27-4-1-3-24(19-27)34(37,38)39/h1,3-14,19-20H,2,15-18,21H2,(H,40,46)(H,41,45)(H,42,47). The van der Waals surface area contributed by atoms with Gasteiger partial charge in [-0.1, -0.05) is 29.8 Å². The van der Waals surface area contributed by atoms with Crippen LogP contribution in [-0.4, -0.2) is 48.9 Å². The molecule has 244 valence electrons. The van der Waals surface area contributed by atoms with Crippen molar-refractivity contribution in [2.75, 3.05) is 41.7 Å². The maximum atomic E-state index is 13.6. The van der Waals surface area contributed by atoms with Crippen LogP contribution in [0.25, 0.3) is 0 Å². The van der Waals surface area contributed by atoms with Crippen LogP contribution in [0.1, 0.15) is 38.3 Å². The molecule has 4 aromatic carbocycles. The number of benzene rings is 4. The molecule has 0 aromatic heterocycles. The molecule has 0 spiro atoms. The Hall–Kier alpha value is -5.10. The van der Waals surface area contributed by atoms with Crippen molar-refractivity contribution in [2.45, 2.75) is 19.1 Å². The summed E-state index contributed by atoms with van der Waals surface area (Å²) < 4.78 is 52.8. The highest BCUT2D eigenvalue weighted by Crippen LogP contribution is 2.31. The minimum Gasteiger partial charge on any atom is -0.369 e. The maximum Gasteiger partial charge on any atom is 0.416 e. The third kappa shape index (κ3) is 8.79. The summed E-state index contributed by atoms with van der Waals surface area (Å²) in [5.41, 5.74) is 1.42. The Bertz CT molecular complexity index is 1750. The Kier molecular flexibility index (Phi) is 10.3. The second-order valence-corrected chi connectivity index (χ2v) is 11.3. The molecule has 1 aliphatic heterocycles. The van der Waals surface area contributed by atoms with Crippen molar-refractivity contribution in [3.8, 4) is 0 Å². The molecule has 3 N–H and O–H groups in total. The van der Waals surface area contributed by atoms with Gasteiger partial charge in [-0.05, 0) is 84.8 Å². The average Bonchev–Trinajstić information content (AvgIpc) is 3.31. The van der Waals surface area contributed by atoms with Gasteiger partial charge in [0.15, 0.2) is 0 Å². The van der Waals surface area contributed by atoms with Crippen molar-refractivity contribution in [1.29, 1.82) is 0 Å². The van der Waals surface area contributed by atoms with Gasteiger partial charge in [0.2, 0.25) is 0 Å². The first kappa shape index (κ1) is 33.3. The first-order valence-electron chi connectivity index (χ1n) is 14.7. The summed E-state index contributed by atoms with van der Waals surface area (Å²) >= 11 is 5.94. The van der Waals surface area contributed by atoms with Gasteiger partial charge in [0.1, 0.15) is 5.82 Å². The van der Waals surface area contributed by atoms with E-state index in [0.717, 1.165) is 12.1 Å². The quantitative estimate of drug-likeness (QED) is 0.179.